The van der Waals surface area contributed by atoms with Gasteiger partial charge in [0, 0.05) is 15.7 Å². The van der Waals surface area contributed by atoms with Gasteiger partial charge in [0.2, 0.25) is 0 Å². The molecule has 3 aromatic carbocycles. The van der Waals surface area contributed by atoms with Crippen molar-refractivity contribution in [2.45, 2.75) is 6.61 Å². The van der Waals surface area contributed by atoms with E-state index in [1.807, 2.05) is 42.5 Å². The molecule has 8 heteroatoms. The van der Waals surface area contributed by atoms with Gasteiger partial charge < -0.3 is 9.47 Å². The van der Waals surface area contributed by atoms with Gasteiger partial charge in [0.1, 0.15) is 6.61 Å². The summed E-state index contributed by atoms with van der Waals surface area (Å²) in [6.07, 6.45) is 1.81. The Morgan fingerprint density at radius 3 is 2.39 bits per heavy atom. The number of nitriles is 1. The molecule has 6 nitrogen and oxygen atoms in total. The van der Waals surface area contributed by atoms with Gasteiger partial charge in [-0.25, -0.2) is 0 Å². The summed E-state index contributed by atoms with van der Waals surface area (Å²) in [6.45, 7) is 0.242. The largest absolute Gasteiger partial charge is 0.493 e. The summed E-state index contributed by atoms with van der Waals surface area (Å²) in [5, 5.41) is 20.4. The number of hydrogen-bond acceptors (Lipinski definition) is 5. The van der Waals surface area contributed by atoms with Gasteiger partial charge in [-0.05, 0) is 104 Å². The lowest BCUT2D eigenvalue weighted by Crippen LogP contribution is -2.00. The zero-order valence-corrected chi connectivity index (χ0v) is 20.7. The van der Waals surface area contributed by atoms with Crippen molar-refractivity contribution in [2.75, 3.05) is 7.11 Å². The second-order valence-electron chi connectivity index (χ2n) is 6.42. The number of hydrogen-bond donors (Lipinski definition) is 0. The number of methoxy groups -OCH3 is 1. The first kappa shape index (κ1) is 23.0. The molecule has 0 heterocycles. The molecule has 0 N–H and O–H groups in total. The molecule has 0 radical (unpaired) electrons. The fourth-order valence-corrected chi connectivity index (χ4v) is 3.95. The van der Waals surface area contributed by atoms with Crippen LogP contribution in [0.15, 0.2) is 60.7 Å². The molecule has 0 amide bonds. The molecule has 0 aliphatic heterocycles. The van der Waals surface area contributed by atoms with Crippen LogP contribution < -0.4 is 9.47 Å². The third-order valence-electron chi connectivity index (χ3n) is 4.37. The number of non-ortho nitro benzene ring substituents is 1. The highest BCUT2D eigenvalue weighted by Crippen LogP contribution is 2.35. The van der Waals surface area contributed by atoms with Crippen LogP contribution >= 0.6 is 45.2 Å². The van der Waals surface area contributed by atoms with Crippen LogP contribution in [0, 0.1) is 28.6 Å². The number of nitro groups is 1. The summed E-state index contributed by atoms with van der Waals surface area (Å²) >= 11 is 4.39. The monoisotopic (exact) mass is 638 g/mol. The van der Waals surface area contributed by atoms with Crippen molar-refractivity contribution in [3.8, 4) is 17.6 Å². The Bertz CT molecular complexity index is 1170. The number of ether oxygens (including phenoxy) is 2. The molecule has 0 bridgehead atoms. The zero-order chi connectivity index (χ0) is 22.4. The van der Waals surface area contributed by atoms with Crippen LogP contribution in [0.25, 0.3) is 11.6 Å². The number of benzene rings is 3. The summed E-state index contributed by atoms with van der Waals surface area (Å²) in [6, 6.07) is 20.0. The topological polar surface area (TPSA) is 85.4 Å². The predicted molar refractivity (Wildman–Crippen MR) is 136 cm³/mol. The lowest BCUT2D eigenvalue weighted by atomic mass is 10.0. The number of nitrogens with zero attached hydrogens (tertiary/aromatic N) is 2. The van der Waals surface area contributed by atoms with E-state index in [4.69, 9.17) is 9.47 Å². The Labute approximate surface area is 206 Å². The molecule has 156 valence electrons. The van der Waals surface area contributed by atoms with Crippen LogP contribution in [0.1, 0.15) is 16.7 Å². The molecule has 0 unspecified atom stereocenters. The summed E-state index contributed by atoms with van der Waals surface area (Å²) in [5.74, 6) is 1.12. The van der Waals surface area contributed by atoms with E-state index in [9.17, 15) is 15.4 Å². The molecular formula is C23H16I2N2O4. The van der Waals surface area contributed by atoms with Gasteiger partial charge in [0.05, 0.1) is 27.2 Å². The van der Waals surface area contributed by atoms with Gasteiger partial charge in [-0.2, -0.15) is 5.26 Å². The lowest BCUT2D eigenvalue weighted by Gasteiger charge is -2.14. The highest BCUT2D eigenvalue weighted by Gasteiger charge is 2.13. The number of halogens is 2. The normalized spacial score (nSPS) is 11.0. The summed E-state index contributed by atoms with van der Waals surface area (Å²) in [4.78, 5) is 10.4. The second kappa shape index (κ2) is 10.6. The lowest BCUT2D eigenvalue weighted by molar-refractivity contribution is -0.384. The molecule has 0 aromatic heterocycles. The van der Waals surface area contributed by atoms with Gasteiger partial charge in [-0.15, -0.1) is 0 Å². The van der Waals surface area contributed by atoms with E-state index in [2.05, 4.69) is 51.3 Å². The fraction of sp³-hybridized carbons (Fsp3) is 0.0870. The molecule has 3 aromatic rings. The molecule has 0 saturated carbocycles. The molecule has 0 saturated heterocycles. The van der Waals surface area contributed by atoms with E-state index < -0.39 is 4.92 Å². The van der Waals surface area contributed by atoms with Crippen LogP contribution in [0.2, 0.25) is 0 Å². The van der Waals surface area contributed by atoms with Crippen molar-refractivity contribution in [2.24, 2.45) is 0 Å². The molecule has 31 heavy (non-hydrogen) atoms. The molecule has 0 atom stereocenters. The third kappa shape index (κ3) is 5.95. The minimum atomic E-state index is -0.436. The summed E-state index contributed by atoms with van der Waals surface area (Å²) < 4.78 is 13.4. The van der Waals surface area contributed by atoms with Crippen LogP contribution in [-0.2, 0) is 6.61 Å². The van der Waals surface area contributed by atoms with Crippen molar-refractivity contribution in [1.82, 2.24) is 0 Å². The van der Waals surface area contributed by atoms with Crippen molar-refractivity contribution in [3.63, 3.8) is 0 Å². The first-order chi connectivity index (χ1) is 14.9. The van der Waals surface area contributed by atoms with Gasteiger partial charge in [0.25, 0.3) is 5.69 Å². The average molecular weight is 638 g/mol. The minimum Gasteiger partial charge on any atom is -0.493 e. The molecule has 0 spiro atoms. The fourth-order valence-electron chi connectivity index (χ4n) is 2.81. The van der Waals surface area contributed by atoms with Gasteiger partial charge in [-0.1, -0.05) is 12.1 Å². The maximum atomic E-state index is 10.8. The standard InChI is InChI=1S/C23H16I2N2O4/c1-30-22-12-16(10-18(13-26)17-4-6-19(24)7-5-17)11-21(25)23(22)31-14-15-2-8-20(9-3-15)27(28)29/h2-12H,14H2,1H3/b18-10-. The SMILES string of the molecule is COc1cc(/C=C(/C#N)c2ccc(I)cc2)cc(I)c1OCc1ccc([N+](=O)[O-])cc1. The maximum Gasteiger partial charge on any atom is 0.269 e. The van der Waals surface area contributed by atoms with Crippen molar-refractivity contribution in [1.29, 1.82) is 5.26 Å². The first-order valence-corrected chi connectivity index (χ1v) is 11.2. The Morgan fingerprint density at radius 2 is 1.81 bits per heavy atom. The molecule has 3 rings (SSSR count). The van der Waals surface area contributed by atoms with E-state index in [0.717, 1.165) is 23.8 Å². The maximum absolute atomic E-state index is 10.8. The van der Waals surface area contributed by atoms with E-state index >= 15 is 0 Å². The van der Waals surface area contributed by atoms with Crippen LogP contribution in [-0.4, -0.2) is 12.0 Å². The number of rotatable bonds is 7. The van der Waals surface area contributed by atoms with Crippen LogP contribution in [0.3, 0.4) is 0 Å². The second-order valence-corrected chi connectivity index (χ2v) is 8.83. The number of allylic oxidation sites excluding steroid dienone is 1. The van der Waals surface area contributed by atoms with Crippen molar-refractivity contribution < 1.29 is 14.4 Å². The van der Waals surface area contributed by atoms with E-state index in [-0.39, 0.29) is 12.3 Å². The Hall–Kier alpha value is -2.65. The highest BCUT2D eigenvalue weighted by atomic mass is 127. The predicted octanol–water partition coefficient (Wildman–Crippen LogP) is 6.46. The van der Waals surface area contributed by atoms with Gasteiger partial charge in [-0.3, -0.25) is 10.1 Å². The smallest absolute Gasteiger partial charge is 0.269 e. The molecular weight excluding hydrogens is 622 g/mol. The van der Waals surface area contributed by atoms with E-state index in [1.165, 1.54) is 12.1 Å². The first-order valence-electron chi connectivity index (χ1n) is 9.02. The van der Waals surface area contributed by atoms with E-state index in [1.54, 1.807) is 19.2 Å². The molecule has 0 aliphatic rings. The third-order valence-corrected chi connectivity index (χ3v) is 5.89. The quantitative estimate of drug-likeness (QED) is 0.0977. The zero-order valence-electron chi connectivity index (χ0n) is 16.3. The van der Waals surface area contributed by atoms with Crippen LogP contribution in [0.5, 0.6) is 11.5 Å². The summed E-state index contributed by atoms with van der Waals surface area (Å²) in [5.41, 5.74) is 3.05. The van der Waals surface area contributed by atoms with Gasteiger partial charge in [0.15, 0.2) is 11.5 Å². The van der Waals surface area contributed by atoms with Crippen molar-refractivity contribution >= 4 is 62.5 Å². The Kier molecular flexibility index (Phi) is 7.86. The highest BCUT2D eigenvalue weighted by molar-refractivity contribution is 14.1. The molecule has 0 aliphatic carbocycles. The van der Waals surface area contributed by atoms with Crippen molar-refractivity contribution in [3.05, 3.63) is 94.6 Å². The molecule has 0 fully saturated rings. The summed E-state index contributed by atoms with van der Waals surface area (Å²) in [7, 11) is 1.56. The number of nitro benzene ring substituents is 1. The van der Waals surface area contributed by atoms with Crippen LogP contribution in [0.4, 0.5) is 5.69 Å². The van der Waals surface area contributed by atoms with E-state index in [0.29, 0.717) is 17.1 Å². The average Bonchev–Trinajstić information content (AvgIpc) is 2.77. The Morgan fingerprint density at radius 1 is 1.13 bits per heavy atom. The Balaban J connectivity index is 1.84. The van der Waals surface area contributed by atoms with Gasteiger partial charge >= 0.3 is 0 Å². The minimum absolute atomic E-state index is 0.0356.